The van der Waals surface area contributed by atoms with E-state index in [4.69, 9.17) is 10.5 Å². The maximum absolute atomic E-state index is 12.8. The van der Waals surface area contributed by atoms with Gasteiger partial charge in [-0.15, -0.1) is 0 Å². The van der Waals surface area contributed by atoms with E-state index in [0.29, 0.717) is 19.4 Å². The first-order valence-corrected chi connectivity index (χ1v) is 3.56. The summed E-state index contributed by atoms with van der Waals surface area (Å²) in [6, 6.07) is 0. The van der Waals surface area contributed by atoms with Crippen molar-refractivity contribution in [3.05, 3.63) is 11.8 Å². The molecule has 1 aliphatic heterocycles. The molecule has 1 aliphatic rings. The highest BCUT2D eigenvalue weighted by Crippen LogP contribution is 2.28. The quantitative estimate of drug-likeness (QED) is 0.665. The Balaban J connectivity index is 2.64. The molecule has 0 aromatic carbocycles. The predicted octanol–water partition coefficient (Wildman–Crippen LogP) is 1.27. The zero-order valence-electron chi connectivity index (χ0n) is 6.15. The van der Waals surface area contributed by atoms with Crippen LogP contribution in [0.4, 0.5) is 8.78 Å². The fraction of sp³-hybridized carbons (Fsp3) is 0.714. The van der Waals surface area contributed by atoms with Crippen LogP contribution in [-0.2, 0) is 4.74 Å². The lowest BCUT2D eigenvalue weighted by atomic mass is 10.0. The van der Waals surface area contributed by atoms with Gasteiger partial charge in [0.25, 0.3) is 5.92 Å². The molecule has 2 N–H and O–H groups in total. The molecular formula is C7H11F2NO. The van der Waals surface area contributed by atoms with Crippen molar-refractivity contribution in [2.24, 2.45) is 5.73 Å². The van der Waals surface area contributed by atoms with E-state index < -0.39 is 12.5 Å². The monoisotopic (exact) mass is 163 g/mol. The average molecular weight is 163 g/mol. The smallest absolute Gasteiger partial charge is 0.284 e. The van der Waals surface area contributed by atoms with Crippen LogP contribution in [0.3, 0.4) is 0 Å². The van der Waals surface area contributed by atoms with Gasteiger partial charge in [-0.05, 0) is 12.8 Å². The highest BCUT2D eigenvalue weighted by atomic mass is 19.3. The van der Waals surface area contributed by atoms with Crippen molar-refractivity contribution in [3.8, 4) is 0 Å². The van der Waals surface area contributed by atoms with Gasteiger partial charge < -0.3 is 10.5 Å². The van der Waals surface area contributed by atoms with Gasteiger partial charge in [-0.25, -0.2) is 8.78 Å². The number of ether oxygens (including phenoxy) is 1. The first-order chi connectivity index (χ1) is 5.17. The summed E-state index contributed by atoms with van der Waals surface area (Å²) in [5.41, 5.74) is 4.91. The van der Waals surface area contributed by atoms with Gasteiger partial charge >= 0.3 is 0 Å². The largest absolute Gasteiger partial charge is 0.501 e. The van der Waals surface area contributed by atoms with Gasteiger partial charge in [-0.1, -0.05) is 0 Å². The first kappa shape index (κ1) is 8.46. The second kappa shape index (κ2) is 3.17. The molecule has 0 unspecified atom stereocenters. The summed E-state index contributed by atoms with van der Waals surface area (Å²) in [6.07, 6.45) is 2.18. The zero-order chi connectivity index (χ0) is 8.32. The molecule has 0 saturated heterocycles. The van der Waals surface area contributed by atoms with Crippen molar-refractivity contribution in [1.82, 2.24) is 0 Å². The molecule has 0 saturated carbocycles. The molecule has 0 radical (unpaired) electrons. The fourth-order valence-corrected chi connectivity index (χ4v) is 0.965. The number of nitrogens with two attached hydrogens (primary N) is 1. The second-order valence-electron chi connectivity index (χ2n) is 2.53. The molecule has 0 spiro atoms. The number of hydrogen-bond acceptors (Lipinski definition) is 2. The predicted molar refractivity (Wildman–Crippen MR) is 37.3 cm³/mol. The summed E-state index contributed by atoms with van der Waals surface area (Å²) in [4.78, 5) is 0. The summed E-state index contributed by atoms with van der Waals surface area (Å²) in [7, 11) is 0. The zero-order valence-corrected chi connectivity index (χ0v) is 6.15. The molecular weight excluding hydrogens is 152 g/mol. The van der Waals surface area contributed by atoms with Crippen LogP contribution in [0.25, 0.3) is 0 Å². The van der Waals surface area contributed by atoms with Gasteiger partial charge in [-0.2, -0.15) is 0 Å². The van der Waals surface area contributed by atoms with Crippen LogP contribution in [0.5, 0.6) is 0 Å². The van der Waals surface area contributed by atoms with Crippen LogP contribution in [-0.4, -0.2) is 19.1 Å². The summed E-state index contributed by atoms with van der Waals surface area (Å²) >= 11 is 0. The van der Waals surface area contributed by atoms with Crippen LogP contribution in [0.1, 0.15) is 12.8 Å². The van der Waals surface area contributed by atoms with Crippen LogP contribution >= 0.6 is 0 Å². The number of alkyl halides is 2. The van der Waals surface area contributed by atoms with Crippen molar-refractivity contribution in [3.63, 3.8) is 0 Å². The molecule has 0 aromatic rings. The van der Waals surface area contributed by atoms with E-state index >= 15 is 0 Å². The first-order valence-electron chi connectivity index (χ1n) is 3.56. The maximum atomic E-state index is 12.8. The fourth-order valence-electron chi connectivity index (χ4n) is 0.965. The second-order valence-corrected chi connectivity index (χ2v) is 2.53. The van der Waals surface area contributed by atoms with E-state index in [1.807, 2.05) is 0 Å². The minimum Gasteiger partial charge on any atom is -0.501 e. The van der Waals surface area contributed by atoms with Gasteiger partial charge in [0.2, 0.25) is 0 Å². The molecule has 1 rings (SSSR count). The molecule has 11 heavy (non-hydrogen) atoms. The highest BCUT2D eigenvalue weighted by molar-refractivity contribution is 5.12. The van der Waals surface area contributed by atoms with Gasteiger partial charge in [0, 0.05) is 5.57 Å². The Morgan fingerprint density at radius 3 is 2.82 bits per heavy atom. The minimum atomic E-state index is -2.87. The summed E-state index contributed by atoms with van der Waals surface area (Å²) in [5, 5.41) is 0. The molecule has 0 amide bonds. The van der Waals surface area contributed by atoms with Crippen molar-refractivity contribution in [2.45, 2.75) is 18.8 Å². The molecule has 0 aromatic heterocycles. The van der Waals surface area contributed by atoms with E-state index in [1.165, 1.54) is 0 Å². The third-order valence-electron chi connectivity index (χ3n) is 1.66. The normalized spacial score (nSPS) is 19.0. The lowest BCUT2D eigenvalue weighted by Crippen LogP contribution is -2.31. The SMILES string of the molecule is NCC(F)(F)C1=COCCC1. The third kappa shape index (κ3) is 1.89. The standard InChI is InChI=1S/C7H11F2NO/c8-7(9,5-10)6-2-1-3-11-4-6/h4H,1-3,5,10H2. The topological polar surface area (TPSA) is 35.2 Å². The molecule has 0 aliphatic carbocycles. The molecule has 2 nitrogen and oxygen atoms in total. The maximum Gasteiger partial charge on any atom is 0.284 e. The Hall–Kier alpha value is -0.640. The molecule has 64 valence electrons. The summed E-state index contributed by atoms with van der Waals surface area (Å²) < 4.78 is 30.3. The molecule has 0 fully saturated rings. The van der Waals surface area contributed by atoms with E-state index in [9.17, 15) is 8.78 Å². The molecule has 0 bridgehead atoms. The lowest BCUT2D eigenvalue weighted by molar-refractivity contribution is 0.0368. The molecule has 1 heterocycles. The summed E-state index contributed by atoms with van der Waals surface area (Å²) in [6.45, 7) is -0.105. The third-order valence-corrected chi connectivity index (χ3v) is 1.66. The Bertz CT molecular complexity index is 168. The van der Waals surface area contributed by atoms with Gasteiger partial charge in [0.15, 0.2) is 0 Å². The lowest BCUT2D eigenvalue weighted by Gasteiger charge is -2.20. The van der Waals surface area contributed by atoms with Gasteiger partial charge in [-0.3, -0.25) is 0 Å². The van der Waals surface area contributed by atoms with Gasteiger partial charge in [0.1, 0.15) is 0 Å². The van der Waals surface area contributed by atoms with Crippen molar-refractivity contribution in [1.29, 1.82) is 0 Å². The van der Waals surface area contributed by atoms with Crippen LogP contribution in [0.2, 0.25) is 0 Å². The van der Waals surface area contributed by atoms with Crippen LogP contribution in [0, 0.1) is 0 Å². The number of rotatable bonds is 2. The van der Waals surface area contributed by atoms with Crippen LogP contribution in [0.15, 0.2) is 11.8 Å². The Morgan fingerprint density at radius 2 is 2.36 bits per heavy atom. The Kier molecular flexibility index (Phi) is 2.44. The van der Waals surface area contributed by atoms with E-state index in [0.717, 1.165) is 6.26 Å². The van der Waals surface area contributed by atoms with Crippen molar-refractivity contribution >= 4 is 0 Å². The number of hydrogen-bond donors (Lipinski definition) is 1. The van der Waals surface area contributed by atoms with Gasteiger partial charge in [0.05, 0.1) is 19.4 Å². The minimum absolute atomic E-state index is 0.0197. The average Bonchev–Trinajstić information content (AvgIpc) is 2.06. The van der Waals surface area contributed by atoms with E-state index in [1.54, 1.807) is 0 Å². The van der Waals surface area contributed by atoms with Crippen molar-refractivity contribution < 1.29 is 13.5 Å². The van der Waals surface area contributed by atoms with Crippen LogP contribution < -0.4 is 5.73 Å². The molecule has 4 heteroatoms. The highest BCUT2D eigenvalue weighted by Gasteiger charge is 2.33. The number of halogens is 2. The summed E-state index contributed by atoms with van der Waals surface area (Å²) in [5.74, 6) is -2.87. The van der Waals surface area contributed by atoms with E-state index in [2.05, 4.69) is 0 Å². The molecule has 0 atom stereocenters. The Morgan fingerprint density at radius 1 is 1.64 bits per heavy atom. The van der Waals surface area contributed by atoms with Crippen molar-refractivity contribution in [2.75, 3.05) is 13.2 Å². The van der Waals surface area contributed by atoms with E-state index in [-0.39, 0.29) is 5.57 Å². The Labute approximate surface area is 64.0 Å².